The van der Waals surface area contributed by atoms with Crippen LogP contribution in [0.25, 0.3) is 0 Å². The molecule has 2 bridgehead atoms. The van der Waals surface area contributed by atoms with Crippen molar-refractivity contribution in [2.45, 2.75) is 39.0 Å². The Morgan fingerprint density at radius 2 is 2.21 bits per heavy atom. The van der Waals surface area contributed by atoms with Crippen molar-refractivity contribution in [3.63, 3.8) is 0 Å². The smallest absolute Gasteiger partial charge is 0.224 e. The molecule has 2 saturated carbocycles. The average Bonchev–Trinajstić information content (AvgIpc) is 2.96. The molecule has 1 amide bonds. The van der Waals surface area contributed by atoms with E-state index in [4.69, 9.17) is 0 Å². The minimum Gasteiger partial charge on any atom is -0.325 e. The Labute approximate surface area is 123 Å². The van der Waals surface area contributed by atoms with Crippen molar-refractivity contribution in [2.75, 3.05) is 5.32 Å². The van der Waals surface area contributed by atoms with E-state index in [9.17, 15) is 4.79 Å². The summed E-state index contributed by atoms with van der Waals surface area (Å²) in [5.41, 5.74) is 2.06. The van der Waals surface area contributed by atoms with Crippen LogP contribution in [0.1, 0.15) is 37.7 Å². The Hall–Kier alpha value is -0.830. The maximum absolute atomic E-state index is 12.2. The van der Waals surface area contributed by atoms with Gasteiger partial charge in [-0.1, -0.05) is 12.5 Å². The van der Waals surface area contributed by atoms with Crippen LogP contribution >= 0.6 is 15.9 Å². The second-order valence-corrected chi connectivity index (χ2v) is 7.02. The molecule has 19 heavy (non-hydrogen) atoms. The van der Waals surface area contributed by atoms with Crippen molar-refractivity contribution in [3.05, 3.63) is 28.2 Å². The molecule has 0 aromatic heterocycles. The van der Waals surface area contributed by atoms with Crippen LogP contribution in [0.15, 0.2) is 22.7 Å². The first-order chi connectivity index (χ1) is 9.11. The molecule has 3 unspecified atom stereocenters. The summed E-state index contributed by atoms with van der Waals surface area (Å²) < 4.78 is 0.958. The first kappa shape index (κ1) is 13.2. The first-order valence-corrected chi connectivity index (χ1v) is 7.97. The highest BCUT2D eigenvalue weighted by atomic mass is 79.9. The minimum atomic E-state index is 0.170. The number of carbonyl (C=O) groups excluding carboxylic acids is 1. The van der Waals surface area contributed by atoms with Gasteiger partial charge in [-0.05, 0) is 77.6 Å². The largest absolute Gasteiger partial charge is 0.325 e. The summed E-state index contributed by atoms with van der Waals surface area (Å²) in [5, 5.41) is 3.05. The SMILES string of the molecule is Cc1ccc(Br)c(NC(=O)CC2CC3CCC2C3)c1. The number of nitrogens with one attached hydrogen (secondary N) is 1. The summed E-state index contributed by atoms with van der Waals surface area (Å²) in [4.78, 5) is 12.2. The molecule has 0 aliphatic heterocycles. The van der Waals surface area contributed by atoms with Crippen LogP contribution in [0, 0.1) is 24.7 Å². The molecule has 1 aromatic rings. The van der Waals surface area contributed by atoms with Gasteiger partial charge in [0, 0.05) is 10.9 Å². The number of hydrogen-bond acceptors (Lipinski definition) is 1. The van der Waals surface area contributed by atoms with E-state index in [2.05, 4.69) is 21.2 Å². The van der Waals surface area contributed by atoms with Gasteiger partial charge in [0.2, 0.25) is 5.91 Å². The molecule has 1 aromatic carbocycles. The van der Waals surface area contributed by atoms with Crippen LogP contribution in [0.5, 0.6) is 0 Å². The summed E-state index contributed by atoms with van der Waals surface area (Å²) in [6.45, 7) is 2.04. The highest BCUT2D eigenvalue weighted by molar-refractivity contribution is 9.10. The predicted octanol–water partition coefficient (Wildman–Crippen LogP) is 4.52. The van der Waals surface area contributed by atoms with Gasteiger partial charge in [-0.25, -0.2) is 0 Å². The summed E-state index contributed by atoms with van der Waals surface area (Å²) in [6, 6.07) is 6.04. The molecule has 102 valence electrons. The van der Waals surface area contributed by atoms with Gasteiger partial charge < -0.3 is 5.32 Å². The second kappa shape index (κ2) is 5.28. The van der Waals surface area contributed by atoms with E-state index >= 15 is 0 Å². The third-order valence-corrected chi connectivity index (χ3v) is 5.42. The van der Waals surface area contributed by atoms with Crippen molar-refractivity contribution in [3.8, 4) is 0 Å². The Bertz CT molecular complexity index is 500. The minimum absolute atomic E-state index is 0.170. The zero-order valence-electron chi connectivity index (χ0n) is 11.3. The van der Waals surface area contributed by atoms with Gasteiger partial charge in [-0.3, -0.25) is 4.79 Å². The molecule has 1 N–H and O–H groups in total. The fourth-order valence-electron chi connectivity index (χ4n) is 3.80. The summed E-state index contributed by atoms with van der Waals surface area (Å²) in [7, 11) is 0. The zero-order chi connectivity index (χ0) is 13.4. The van der Waals surface area contributed by atoms with Crippen molar-refractivity contribution in [2.24, 2.45) is 17.8 Å². The van der Waals surface area contributed by atoms with Gasteiger partial charge in [-0.2, -0.15) is 0 Å². The molecule has 2 aliphatic rings. The van der Waals surface area contributed by atoms with Gasteiger partial charge >= 0.3 is 0 Å². The molecular weight excluding hydrogens is 302 g/mol. The van der Waals surface area contributed by atoms with Crippen molar-refractivity contribution in [1.82, 2.24) is 0 Å². The van der Waals surface area contributed by atoms with Gasteiger partial charge in [0.15, 0.2) is 0 Å². The lowest BCUT2D eigenvalue weighted by Crippen LogP contribution is -2.20. The molecular formula is C16H20BrNO. The van der Waals surface area contributed by atoms with Crippen LogP contribution < -0.4 is 5.32 Å². The molecule has 0 saturated heterocycles. The van der Waals surface area contributed by atoms with Gasteiger partial charge in [0.05, 0.1) is 5.69 Å². The van der Waals surface area contributed by atoms with E-state index < -0.39 is 0 Å². The lowest BCUT2D eigenvalue weighted by atomic mass is 9.86. The normalized spacial score (nSPS) is 28.6. The second-order valence-electron chi connectivity index (χ2n) is 6.17. The van der Waals surface area contributed by atoms with E-state index in [-0.39, 0.29) is 5.91 Å². The van der Waals surface area contributed by atoms with Crippen molar-refractivity contribution in [1.29, 1.82) is 0 Å². The molecule has 3 rings (SSSR count). The van der Waals surface area contributed by atoms with E-state index in [1.165, 1.54) is 31.2 Å². The number of halogens is 1. The van der Waals surface area contributed by atoms with Gasteiger partial charge in [0.25, 0.3) is 0 Å². The maximum atomic E-state index is 12.2. The number of amides is 1. The van der Waals surface area contributed by atoms with E-state index in [1.807, 2.05) is 25.1 Å². The Kier molecular flexibility index (Phi) is 3.66. The summed E-state index contributed by atoms with van der Waals surface area (Å²) >= 11 is 3.49. The quantitative estimate of drug-likeness (QED) is 0.871. The number of fused-ring (bicyclic) bond motifs is 2. The number of hydrogen-bond donors (Lipinski definition) is 1. The Morgan fingerprint density at radius 3 is 2.89 bits per heavy atom. The summed E-state index contributed by atoms with van der Waals surface area (Å²) in [6.07, 6.45) is 6.07. The average molecular weight is 322 g/mol. The number of carbonyl (C=O) groups is 1. The van der Waals surface area contributed by atoms with Crippen LogP contribution in [0.4, 0.5) is 5.69 Å². The van der Waals surface area contributed by atoms with Crippen LogP contribution in [-0.2, 0) is 4.79 Å². The standard InChI is InChI=1S/C16H20BrNO/c1-10-2-5-14(17)15(6-10)18-16(19)9-13-8-11-3-4-12(13)7-11/h2,5-6,11-13H,3-4,7-9H2,1H3,(H,18,19). The zero-order valence-corrected chi connectivity index (χ0v) is 12.9. The molecule has 0 heterocycles. The van der Waals surface area contributed by atoms with Crippen LogP contribution in [0.2, 0.25) is 0 Å². The third kappa shape index (κ3) is 2.86. The molecule has 2 aliphatic carbocycles. The number of aryl methyl sites for hydroxylation is 1. The predicted molar refractivity (Wildman–Crippen MR) is 81.1 cm³/mol. The van der Waals surface area contributed by atoms with E-state index in [1.54, 1.807) is 0 Å². The van der Waals surface area contributed by atoms with Crippen LogP contribution in [0.3, 0.4) is 0 Å². The number of rotatable bonds is 3. The fourth-order valence-corrected chi connectivity index (χ4v) is 4.15. The topological polar surface area (TPSA) is 29.1 Å². The molecule has 0 radical (unpaired) electrons. The molecule has 3 atom stereocenters. The van der Waals surface area contributed by atoms with Crippen molar-refractivity contribution >= 4 is 27.5 Å². The fraction of sp³-hybridized carbons (Fsp3) is 0.562. The van der Waals surface area contributed by atoms with E-state index in [0.29, 0.717) is 12.3 Å². The number of benzene rings is 1. The third-order valence-electron chi connectivity index (χ3n) is 4.73. The Balaban J connectivity index is 1.61. The van der Waals surface area contributed by atoms with Crippen LogP contribution in [-0.4, -0.2) is 5.91 Å². The number of anilines is 1. The maximum Gasteiger partial charge on any atom is 0.224 e. The highest BCUT2D eigenvalue weighted by Gasteiger charge is 2.40. The monoisotopic (exact) mass is 321 g/mol. The van der Waals surface area contributed by atoms with Gasteiger partial charge in [0.1, 0.15) is 0 Å². The van der Waals surface area contributed by atoms with Gasteiger partial charge in [-0.15, -0.1) is 0 Å². The lowest BCUT2D eigenvalue weighted by molar-refractivity contribution is -0.117. The first-order valence-electron chi connectivity index (χ1n) is 7.18. The molecule has 2 nitrogen and oxygen atoms in total. The Morgan fingerprint density at radius 1 is 1.37 bits per heavy atom. The molecule has 3 heteroatoms. The molecule has 2 fully saturated rings. The summed E-state index contributed by atoms with van der Waals surface area (Å²) in [5.74, 6) is 2.52. The van der Waals surface area contributed by atoms with Crippen molar-refractivity contribution < 1.29 is 4.79 Å². The highest BCUT2D eigenvalue weighted by Crippen LogP contribution is 2.49. The molecule has 0 spiro atoms. The lowest BCUT2D eigenvalue weighted by Gasteiger charge is -2.21. The van der Waals surface area contributed by atoms with E-state index in [0.717, 1.165) is 22.0 Å².